The van der Waals surface area contributed by atoms with Gasteiger partial charge in [0.25, 0.3) is 0 Å². The fourth-order valence-corrected chi connectivity index (χ4v) is 2.30. The minimum Gasteiger partial charge on any atom is -0.481 e. The third-order valence-corrected chi connectivity index (χ3v) is 3.49. The summed E-state index contributed by atoms with van der Waals surface area (Å²) in [6.45, 7) is 4.76. The highest BCUT2D eigenvalue weighted by Gasteiger charge is 2.17. The summed E-state index contributed by atoms with van der Waals surface area (Å²) in [6.07, 6.45) is 0. The second kappa shape index (κ2) is 8.90. The van der Waals surface area contributed by atoms with E-state index < -0.39 is 17.4 Å². The minimum atomic E-state index is -0.610. The van der Waals surface area contributed by atoms with Crippen LogP contribution >= 0.6 is 11.6 Å². The molecule has 0 heterocycles. The molecule has 0 saturated heterocycles. The Kier molecular flexibility index (Phi) is 6.84. The fourth-order valence-electron chi connectivity index (χ4n) is 2.13. The molecule has 0 spiro atoms. The summed E-state index contributed by atoms with van der Waals surface area (Å²) in [5, 5.41) is 9.46. The van der Waals surface area contributed by atoms with Gasteiger partial charge >= 0.3 is 5.97 Å². The van der Waals surface area contributed by atoms with Crippen LogP contribution in [0.3, 0.4) is 0 Å². The second-order valence-corrected chi connectivity index (χ2v) is 7.17. The number of benzene rings is 2. The van der Waals surface area contributed by atoms with Crippen molar-refractivity contribution in [3.63, 3.8) is 0 Å². The molecule has 0 amide bonds. The zero-order chi connectivity index (χ0) is 20.0. The number of aliphatic hydroxyl groups is 1. The van der Waals surface area contributed by atoms with Gasteiger partial charge in [-0.05, 0) is 56.7 Å². The predicted octanol–water partition coefficient (Wildman–Crippen LogP) is 4.09. The molecule has 2 aromatic carbocycles. The first-order valence-corrected chi connectivity index (χ1v) is 8.61. The van der Waals surface area contributed by atoms with Crippen molar-refractivity contribution >= 4 is 17.6 Å². The highest BCUT2D eigenvalue weighted by atomic mass is 35.5. The Bertz CT molecular complexity index is 891. The monoisotopic (exact) mass is 390 g/mol. The van der Waals surface area contributed by atoms with E-state index in [4.69, 9.17) is 26.2 Å². The molecule has 2 rings (SSSR count). The maximum atomic E-state index is 14.0. The van der Waals surface area contributed by atoms with Crippen LogP contribution in [0, 0.1) is 17.7 Å². The molecule has 4 nitrogen and oxygen atoms in total. The lowest BCUT2D eigenvalue weighted by Gasteiger charge is -2.19. The summed E-state index contributed by atoms with van der Waals surface area (Å²) >= 11 is 6.00. The summed E-state index contributed by atoms with van der Waals surface area (Å²) in [5.74, 6) is 4.81. The van der Waals surface area contributed by atoms with Gasteiger partial charge in [0, 0.05) is 5.02 Å². The summed E-state index contributed by atoms with van der Waals surface area (Å²) < 4.78 is 24.7. The van der Waals surface area contributed by atoms with E-state index in [0.29, 0.717) is 21.9 Å². The van der Waals surface area contributed by atoms with Crippen molar-refractivity contribution in [1.29, 1.82) is 0 Å². The molecule has 6 heteroatoms. The molecule has 0 saturated carbocycles. The van der Waals surface area contributed by atoms with E-state index in [0.717, 1.165) is 0 Å². The molecule has 142 valence electrons. The SMILES string of the molecule is CC(C)(C)OC(=O)COc1ccc(Cl)cc1C#Cc1ccc(CO)cc1F. The van der Waals surface area contributed by atoms with Crippen molar-refractivity contribution in [1.82, 2.24) is 0 Å². The zero-order valence-electron chi connectivity index (χ0n) is 15.3. The Morgan fingerprint density at radius 1 is 1.15 bits per heavy atom. The van der Waals surface area contributed by atoms with E-state index in [1.165, 1.54) is 12.1 Å². The van der Waals surface area contributed by atoms with Crippen molar-refractivity contribution in [3.8, 4) is 17.6 Å². The van der Waals surface area contributed by atoms with Crippen LogP contribution < -0.4 is 4.74 Å². The van der Waals surface area contributed by atoms with Crippen LogP contribution in [-0.4, -0.2) is 23.3 Å². The normalized spacial score (nSPS) is 10.7. The van der Waals surface area contributed by atoms with Crippen molar-refractivity contribution in [3.05, 3.63) is 63.9 Å². The third kappa shape index (κ3) is 6.59. The smallest absolute Gasteiger partial charge is 0.344 e. The van der Waals surface area contributed by atoms with Gasteiger partial charge in [0.05, 0.1) is 17.7 Å². The molecule has 0 aromatic heterocycles. The molecule has 1 N–H and O–H groups in total. The van der Waals surface area contributed by atoms with Crippen LogP contribution in [0.25, 0.3) is 0 Å². The van der Waals surface area contributed by atoms with Gasteiger partial charge in [-0.3, -0.25) is 0 Å². The Morgan fingerprint density at radius 3 is 2.48 bits per heavy atom. The number of rotatable bonds is 4. The van der Waals surface area contributed by atoms with Gasteiger partial charge in [0.1, 0.15) is 17.2 Å². The average molecular weight is 391 g/mol. The second-order valence-electron chi connectivity index (χ2n) is 6.74. The van der Waals surface area contributed by atoms with Crippen molar-refractivity contribution in [2.45, 2.75) is 33.0 Å². The molecular weight excluding hydrogens is 371 g/mol. The van der Waals surface area contributed by atoms with Gasteiger partial charge < -0.3 is 14.6 Å². The number of halogens is 2. The van der Waals surface area contributed by atoms with Gasteiger partial charge in [-0.15, -0.1) is 0 Å². The standard InChI is InChI=1S/C21H20ClFO4/c1-21(2,3)27-20(25)13-26-19-9-8-17(22)11-16(19)7-6-15-5-4-14(12-24)10-18(15)23/h4-5,8-11,24H,12-13H2,1-3H3. The first-order valence-electron chi connectivity index (χ1n) is 8.23. The Morgan fingerprint density at radius 2 is 1.85 bits per heavy atom. The van der Waals surface area contributed by atoms with E-state index >= 15 is 0 Å². The first kappa shape index (κ1) is 20.8. The highest BCUT2D eigenvalue weighted by molar-refractivity contribution is 6.30. The van der Waals surface area contributed by atoms with Gasteiger partial charge in [0.15, 0.2) is 6.61 Å². The lowest BCUT2D eigenvalue weighted by atomic mass is 10.1. The largest absolute Gasteiger partial charge is 0.481 e. The van der Waals surface area contributed by atoms with Gasteiger partial charge in [-0.2, -0.15) is 0 Å². The summed E-state index contributed by atoms with van der Waals surface area (Å²) in [7, 11) is 0. The van der Waals surface area contributed by atoms with E-state index in [1.807, 2.05) is 0 Å². The number of esters is 1. The fraction of sp³-hybridized carbons (Fsp3) is 0.286. The maximum Gasteiger partial charge on any atom is 0.344 e. The van der Waals surface area contributed by atoms with Crippen LogP contribution in [0.2, 0.25) is 5.02 Å². The Hall–Kier alpha value is -2.55. The quantitative estimate of drug-likeness (QED) is 0.631. The lowest BCUT2D eigenvalue weighted by molar-refractivity contribution is -0.157. The van der Waals surface area contributed by atoms with E-state index in [-0.39, 0.29) is 18.8 Å². The molecule has 2 aromatic rings. The van der Waals surface area contributed by atoms with Crippen molar-refractivity contribution < 1.29 is 23.8 Å². The lowest BCUT2D eigenvalue weighted by Crippen LogP contribution is -2.27. The van der Waals surface area contributed by atoms with Crippen molar-refractivity contribution in [2.75, 3.05) is 6.61 Å². The summed E-state index contributed by atoms with van der Waals surface area (Å²) in [5.41, 5.74) is 0.436. The summed E-state index contributed by atoms with van der Waals surface area (Å²) in [6, 6.07) is 9.06. The van der Waals surface area contributed by atoms with Gasteiger partial charge in [0.2, 0.25) is 0 Å². The number of carbonyl (C=O) groups excluding carboxylic acids is 1. The number of hydrogen-bond acceptors (Lipinski definition) is 4. The number of aliphatic hydroxyl groups excluding tert-OH is 1. The van der Waals surface area contributed by atoms with Crippen LogP contribution in [0.15, 0.2) is 36.4 Å². The van der Waals surface area contributed by atoms with Crippen molar-refractivity contribution in [2.24, 2.45) is 0 Å². The van der Waals surface area contributed by atoms with Crippen LogP contribution in [0.1, 0.15) is 37.5 Å². The topological polar surface area (TPSA) is 55.8 Å². The van der Waals surface area contributed by atoms with Crippen LogP contribution in [0.4, 0.5) is 4.39 Å². The van der Waals surface area contributed by atoms with Gasteiger partial charge in [-0.25, -0.2) is 9.18 Å². The molecule has 0 atom stereocenters. The zero-order valence-corrected chi connectivity index (χ0v) is 16.1. The van der Waals surface area contributed by atoms with Crippen LogP contribution in [0.5, 0.6) is 5.75 Å². The molecule has 0 aliphatic rings. The third-order valence-electron chi connectivity index (χ3n) is 3.26. The molecule has 0 bridgehead atoms. The molecule has 27 heavy (non-hydrogen) atoms. The van der Waals surface area contributed by atoms with Crippen LogP contribution in [-0.2, 0) is 16.1 Å². The molecular formula is C21H20ClFO4. The van der Waals surface area contributed by atoms with E-state index in [2.05, 4.69) is 11.8 Å². The average Bonchev–Trinajstić information content (AvgIpc) is 2.58. The number of carbonyl (C=O) groups is 1. The molecule has 0 aliphatic carbocycles. The molecule has 0 aliphatic heterocycles. The molecule has 0 unspecified atom stereocenters. The van der Waals surface area contributed by atoms with Gasteiger partial charge in [-0.1, -0.05) is 29.5 Å². The number of ether oxygens (including phenoxy) is 2. The molecule has 0 fully saturated rings. The highest BCUT2D eigenvalue weighted by Crippen LogP contribution is 2.23. The number of hydrogen-bond donors (Lipinski definition) is 1. The van der Waals surface area contributed by atoms with E-state index in [1.54, 1.807) is 45.0 Å². The minimum absolute atomic E-state index is 0.172. The summed E-state index contributed by atoms with van der Waals surface area (Å²) in [4.78, 5) is 11.8. The van der Waals surface area contributed by atoms with E-state index in [9.17, 15) is 9.18 Å². The first-order chi connectivity index (χ1) is 12.7. The predicted molar refractivity (Wildman–Crippen MR) is 101 cm³/mol. The maximum absolute atomic E-state index is 14.0. The Balaban J connectivity index is 2.21. The Labute approximate surface area is 162 Å². The molecule has 0 radical (unpaired) electrons.